The molecule has 2 aromatic rings. The van der Waals surface area contributed by atoms with Gasteiger partial charge in [-0.3, -0.25) is 4.90 Å². The topological polar surface area (TPSA) is 64.5 Å². The zero-order valence-electron chi connectivity index (χ0n) is 16.5. The summed E-state index contributed by atoms with van der Waals surface area (Å²) in [4.78, 5) is 15.2. The molecule has 2 atom stereocenters. The third kappa shape index (κ3) is 5.01. The first-order valence-corrected chi connectivity index (χ1v) is 11.4. The summed E-state index contributed by atoms with van der Waals surface area (Å²) in [5, 5.41) is 15.4. The van der Waals surface area contributed by atoms with Gasteiger partial charge in [-0.2, -0.15) is 0 Å². The average molecular weight is 402 g/mol. The van der Waals surface area contributed by atoms with Gasteiger partial charge >= 0.3 is 0 Å². The number of anilines is 2. The molecule has 28 heavy (non-hydrogen) atoms. The van der Waals surface area contributed by atoms with E-state index in [2.05, 4.69) is 42.6 Å². The quantitative estimate of drug-likeness (QED) is 0.743. The number of piperidine rings is 2. The molecular formula is C21H31N5OS. The van der Waals surface area contributed by atoms with Crippen LogP contribution in [0, 0.1) is 5.92 Å². The molecule has 2 aromatic heterocycles. The number of rotatable bonds is 7. The lowest BCUT2D eigenvalue weighted by atomic mass is 9.98. The number of hydrogen-bond donors (Lipinski definition) is 2. The predicted molar refractivity (Wildman–Crippen MR) is 115 cm³/mol. The van der Waals surface area contributed by atoms with Crippen LogP contribution < -0.4 is 10.2 Å². The zero-order valence-corrected chi connectivity index (χ0v) is 17.3. The van der Waals surface area contributed by atoms with Crippen LogP contribution in [0.25, 0.3) is 0 Å². The number of nitrogens with zero attached hydrogens (tertiary/aromatic N) is 4. The van der Waals surface area contributed by atoms with Crippen LogP contribution in [0.3, 0.4) is 0 Å². The molecule has 0 spiro atoms. The number of hydrogen-bond acceptors (Lipinski definition) is 7. The molecule has 0 aliphatic carbocycles. The first-order valence-electron chi connectivity index (χ1n) is 10.5. The smallest absolute Gasteiger partial charge is 0.134 e. The van der Waals surface area contributed by atoms with Crippen molar-refractivity contribution < 1.29 is 5.11 Å². The summed E-state index contributed by atoms with van der Waals surface area (Å²) in [6.07, 6.45) is 7.55. The van der Waals surface area contributed by atoms with Crippen molar-refractivity contribution in [2.24, 2.45) is 5.92 Å². The Bertz CT molecular complexity index is 725. The Kier molecular flexibility index (Phi) is 6.77. The summed E-state index contributed by atoms with van der Waals surface area (Å²) in [6, 6.07) is 6.59. The van der Waals surface area contributed by atoms with E-state index >= 15 is 0 Å². The molecule has 7 heteroatoms. The summed E-state index contributed by atoms with van der Waals surface area (Å²) in [5.74, 6) is 2.47. The molecule has 2 fully saturated rings. The molecule has 0 bridgehead atoms. The van der Waals surface area contributed by atoms with E-state index in [0.717, 1.165) is 50.7 Å². The van der Waals surface area contributed by atoms with Crippen molar-refractivity contribution in [3.63, 3.8) is 0 Å². The van der Waals surface area contributed by atoms with Crippen molar-refractivity contribution in [2.75, 3.05) is 43.0 Å². The van der Waals surface area contributed by atoms with Crippen LogP contribution in [0.5, 0.6) is 0 Å². The number of thiophene rings is 1. The highest BCUT2D eigenvalue weighted by Crippen LogP contribution is 2.25. The van der Waals surface area contributed by atoms with E-state index in [1.54, 1.807) is 6.33 Å². The van der Waals surface area contributed by atoms with Gasteiger partial charge < -0.3 is 15.3 Å². The van der Waals surface area contributed by atoms with Gasteiger partial charge in [0.1, 0.15) is 18.0 Å². The minimum atomic E-state index is 0.181. The fourth-order valence-corrected chi connectivity index (χ4v) is 5.17. The molecule has 2 N–H and O–H groups in total. The SMILES string of the molecule is OCC1CCCCN1c1cc(NCC2CCCN(Cc3cccs3)C2)ncn1. The van der Waals surface area contributed by atoms with E-state index in [1.165, 1.54) is 30.7 Å². The Morgan fingerprint density at radius 3 is 3.00 bits per heavy atom. The van der Waals surface area contributed by atoms with E-state index < -0.39 is 0 Å². The summed E-state index contributed by atoms with van der Waals surface area (Å²) in [5.41, 5.74) is 0. The summed E-state index contributed by atoms with van der Waals surface area (Å²) >= 11 is 1.85. The lowest BCUT2D eigenvalue weighted by molar-refractivity contribution is 0.174. The standard InChI is InChI=1S/C21H31N5OS/c27-15-18-6-1-2-9-26(18)21-11-20(23-16-24-21)22-12-17-5-3-8-25(13-17)14-19-7-4-10-28-19/h4,7,10-11,16-18,27H,1-3,5-6,8-9,12-15H2,(H,22,23,24). The molecule has 4 rings (SSSR count). The first kappa shape index (κ1) is 19.6. The number of aliphatic hydroxyl groups excluding tert-OH is 1. The molecule has 6 nitrogen and oxygen atoms in total. The molecule has 0 aromatic carbocycles. The highest BCUT2D eigenvalue weighted by molar-refractivity contribution is 7.09. The fourth-order valence-electron chi connectivity index (χ4n) is 4.43. The molecule has 2 aliphatic rings. The molecule has 0 amide bonds. The van der Waals surface area contributed by atoms with Gasteiger partial charge in [-0.25, -0.2) is 9.97 Å². The largest absolute Gasteiger partial charge is 0.394 e. The number of likely N-dealkylation sites (tertiary alicyclic amines) is 1. The molecule has 2 aliphatic heterocycles. The molecule has 2 unspecified atom stereocenters. The maximum atomic E-state index is 9.68. The minimum Gasteiger partial charge on any atom is -0.394 e. The van der Waals surface area contributed by atoms with Crippen LogP contribution in [0.1, 0.15) is 37.0 Å². The van der Waals surface area contributed by atoms with Crippen LogP contribution in [-0.4, -0.2) is 58.8 Å². The number of aromatic nitrogens is 2. The normalized spacial score (nSPS) is 23.7. The third-order valence-electron chi connectivity index (χ3n) is 5.92. The van der Waals surface area contributed by atoms with Crippen LogP contribution in [0.2, 0.25) is 0 Å². The monoisotopic (exact) mass is 401 g/mol. The minimum absolute atomic E-state index is 0.181. The average Bonchev–Trinajstić information content (AvgIpc) is 3.26. The highest BCUT2D eigenvalue weighted by atomic mass is 32.1. The van der Waals surface area contributed by atoms with Gasteiger partial charge in [0.15, 0.2) is 0 Å². The summed E-state index contributed by atoms with van der Waals surface area (Å²) < 4.78 is 0. The van der Waals surface area contributed by atoms with Crippen molar-refractivity contribution in [1.82, 2.24) is 14.9 Å². The van der Waals surface area contributed by atoms with Gasteiger partial charge in [-0.05, 0) is 56.0 Å². The fraction of sp³-hybridized carbons (Fsp3) is 0.619. The van der Waals surface area contributed by atoms with E-state index in [0.29, 0.717) is 5.92 Å². The lowest BCUT2D eigenvalue weighted by Gasteiger charge is -2.35. The van der Waals surface area contributed by atoms with E-state index in [-0.39, 0.29) is 12.6 Å². The van der Waals surface area contributed by atoms with Crippen LogP contribution >= 0.6 is 11.3 Å². The van der Waals surface area contributed by atoms with Crippen molar-refractivity contribution in [2.45, 2.75) is 44.7 Å². The van der Waals surface area contributed by atoms with Gasteiger partial charge in [-0.15, -0.1) is 11.3 Å². The van der Waals surface area contributed by atoms with Crippen LogP contribution in [0.4, 0.5) is 11.6 Å². The Labute approximate surface area is 171 Å². The van der Waals surface area contributed by atoms with Crippen molar-refractivity contribution in [1.29, 1.82) is 0 Å². The van der Waals surface area contributed by atoms with Gasteiger partial charge in [0.25, 0.3) is 0 Å². The second-order valence-electron chi connectivity index (χ2n) is 7.99. The Morgan fingerprint density at radius 1 is 1.18 bits per heavy atom. The molecule has 0 saturated carbocycles. The second-order valence-corrected chi connectivity index (χ2v) is 9.02. The van der Waals surface area contributed by atoms with Crippen LogP contribution in [0.15, 0.2) is 29.9 Å². The zero-order chi connectivity index (χ0) is 19.2. The second kappa shape index (κ2) is 9.67. The maximum absolute atomic E-state index is 9.68. The third-order valence-corrected chi connectivity index (χ3v) is 6.78. The number of nitrogens with one attached hydrogen (secondary N) is 1. The molecular weight excluding hydrogens is 370 g/mol. The van der Waals surface area contributed by atoms with Gasteiger partial charge in [0, 0.05) is 37.1 Å². The van der Waals surface area contributed by atoms with Crippen molar-refractivity contribution in [3.8, 4) is 0 Å². The van der Waals surface area contributed by atoms with Gasteiger partial charge in [-0.1, -0.05) is 6.07 Å². The Balaban J connectivity index is 1.32. The highest BCUT2D eigenvalue weighted by Gasteiger charge is 2.24. The van der Waals surface area contributed by atoms with Crippen molar-refractivity contribution in [3.05, 3.63) is 34.8 Å². The predicted octanol–water partition coefficient (Wildman–Crippen LogP) is 3.21. The van der Waals surface area contributed by atoms with Crippen molar-refractivity contribution >= 4 is 23.0 Å². The molecule has 2 saturated heterocycles. The first-order chi connectivity index (χ1) is 13.8. The summed E-state index contributed by atoms with van der Waals surface area (Å²) in [6.45, 7) is 5.51. The molecule has 4 heterocycles. The van der Waals surface area contributed by atoms with E-state index in [1.807, 2.05) is 17.4 Å². The maximum Gasteiger partial charge on any atom is 0.134 e. The molecule has 0 radical (unpaired) electrons. The Morgan fingerprint density at radius 2 is 2.14 bits per heavy atom. The van der Waals surface area contributed by atoms with Gasteiger partial charge in [0.05, 0.1) is 12.6 Å². The summed E-state index contributed by atoms with van der Waals surface area (Å²) in [7, 11) is 0. The van der Waals surface area contributed by atoms with Gasteiger partial charge in [0.2, 0.25) is 0 Å². The Hall–Kier alpha value is -1.70. The number of aliphatic hydroxyl groups is 1. The van der Waals surface area contributed by atoms with Crippen LogP contribution in [-0.2, 0) is 6.54 Å². The van der Waals surface area contributed by atoms with E-state index in [4.69, 9.17) is 0 Å². The lowest BCUT2D eigenvalue weighted by Crippen LogP contribution is -2.42. The van der Waals surface area contributed by atoms with E-state index in [9.17, 15) is 5.11 Å². The molecule has 152 valence electrons.